The molecule has 0 aromatic rings. The summed E-state index contributed by atoms with van der Waals surface area (Å²) in [5, 5.41) is 0. The number of nitrogens with zero attached hydrogens (tertiary/aromatic N) is 3. The van der Waals surface area contributed by atoms with Gasteiger partial charge in [0.05, 0.1) is 5.75 Å². The molecule has 0 spiro atoms. The number of hydrogen-bond acceptors (Lipinski definition) is 4. The molecule has 2 fully saturated rings. The summed E-state index contributed by atoms with van der Waals surface area (Å²) in [4.78, 5) is 15.7. The summed E-state index contributed by atoms with van der Waals surface area (Å²) in [6.07, 6.45) is 0.871. The van der Waals surface area contributed by atoms with Crippen LogP contribution in [-0.2, 0) is 14.8 Å². The number of sulfonamides is 1. The lowest BCUT2D eigenvalue weighted by Gasteiger charge is -2.45. The van der Waals surface area contributed by atoms with E-state index in [1.165, 1.54) is 0 Å². The van der Waals surface area contributed by atoms with Gasteiger partial charge in [-0.05, 0) is 40.0 Å². The molecule has 0 aliphatic carbocycles. The van der Waals surface area contributed by atoms with E-state index in [1.54, 1.807) is 11.2 Å². The lowest BCUT2D eigenvalue weighted by atomic mass is 9.89. The number of rotatable bonds is 4. The quantitative estimate of drug-likeness (QED) is 0.762. The molecule has 0 bridgehead atoms. The minimum atomic E-state index is -3.10. The molecule has 0 N–H and O–H groups in total. The van der Waals surface area contributed by atoms with Gasteiger partial charge < -0.3 is 4.90 Å². The first kappa shape index (κ1) is 18.7. The highest BCUT2D eigenvalue weighted by atomic mass is 32.2. The maximum atomic E-state index is 12.3. The van der Waals surface area contributed by atoms with Crippen LogP contribution in [0.2, 0.25) is 0 Å². The maximum absolute atomic E-state index is 12.3. The summed E-state index contributed by atoms with van der Waals surface area (Å²) < 4.78 is 26.2. The Balaban J connectivity index is 1.96. The molecule has 1 unspecified atom stereocenters. The summed E-state index contributed by atoms with van der Waals surface area (Å²) in [6.45, 7) is 13.8. The highest BCUT2D eigenvalue weighted by Gasteiger charge is 2.41. The summed E-state index contributed by atoms with van der Waals surface area (Å²) in [7, 11) is -3.10. The molecular formula is C16H31N3O3S. The lowest BCUT2D eigenvalue weighted by Crippen LogP contribution is -2.56. The van der Waals surface area contributed by atoms with Crippen LogP contribution in [0.3, 0.4) is 0 Å². The minimum Gasteiger partial charge on any atom is -0.340 e. The van der Waals surface area contributed by atoms with Crippen molar-refractivity contribution in [3.8, 4) is 0 Å². The minimum absolute atomic E-state index is 0.0345. The average molecular weight is 346 g/mol. The Morgan fingerprint density at radius 2 is 1.74 bits per heavy atom. The fourth-order valence-corrected chi connectivity index (χ4v) is 6.02. The number of hydrogen-bond donors (Lipinski definition) is 0. The second-order valence-corrected chi connectivity index (χ2v) is 9.78. The van der Waals surface area contributed by atoms with Crippen molar-refractivity contribution in [2.75, 3.05) is 38.5 Å². The van der Waals surface area contributed by atoms with Crippen LogP contribution >= 0.6 is 0 Å². The molecule has 134 valence electrons. The highest BCUT2D eigenvalue weighted by Crippen LogP contribution is 2.31. The lowest BCUT2D eigenvalue weighted by molar-refractivity contribution is -0.131. The van der Waals surface area contributed by atoms with Crippen molar-refractivity contribution in [2.45, 2.75) is 52.6 Å². The zero-order chi connectivity index (χ0) is 17.4. The normalized spacial score (nSPS) is 26.9. The summed E-state index contributed by atoms with van der Waals surface area (Å²) in [5.41, 5.74) is -0.0456. The first-order chi connectivity index (χ1) is 10.5. The van der Waals surface area contributed by atoms with Crippen LogP contribution in [0.5, 0.6) is 0 Å². The Bertz CT molecular complexity index is 537. The third kappa shape index (κ3) is 4.25. The smallest absolute Gasteiger partial charge is 0.219 e. The van der Waals surface area contributed by atoms with E-state index in [0.717, 1.165) is 32.6 Å². The van der Waals surface area contributed by atoms with Crippen LogP contribution in [0.25, 0.3) is 0 Å². The van der Waals surface area contributed by atoms with Crippen LogP contribution in [0.1, 0.15) is 41.0 Å². The molecule has 23 heavy (non-hydrogen) atoms. The van der Waals surface area contributed by atoms with Crippen LogP contribution in [0.4, 0.5) is 0 Å². The van der Waals surface area contributed by atoms with Gasteiger partial charge in [0.25, 0.3) is 0 Å². The summed E-state index contributed by atoms with van der Waals surface area (Å²) >= 11 is 0. The van der Waals surface area contributed by atoms with E-state index >= 15 is 0 Å². The van der Waals surface area contributed by atoms with Crippen molar-refractivity contribution in [1.82, 2.24) is 14.1 Å². The van der Waals surface area contributed by atoms with E-state index < -0.39 is 10.0 Å². The topological polar surface area (TPSA) is 60.9 Å². The summed E-state index contributed by atoms with van der Waals surface area (Å²) in [6, 6.07) is 0.0345. The number of carbonyl (C=O) groups excluding carboxylic acids is 1. The van der Waals surface area contributed by atoms with Crippen molar-refractivity contribution in [1.29, 1.82) is 0 Å². The van der Waals surface area contributed by atoms with E-state index in [2.05, 4.69) is 18.7 Å². The van der Waals surface area contributed by atoms with Gasteiger partial charge in [0.15, 0.2) is 0 Å². The third-order valence-corrected chi connectivity index (χ3v) is 7.36. The van der Waals surface area contributed by atoms with Gasteiger partial charge in [-0.15, -0.1) is 0 Å². The Morgan fingerprint density at radius 1 is 1.17 bits per heavy atom. The van der Waals surface area contributed by atoms with Crippen molar-refractivity contribution < 1.29 is 13.2 Å². The molecule has 0 aromatic heterocycles. The van der Waals surface area contributed by atoms with Crippen LogP contribution in [0.15, 0.2) is 0 Å². The van der Waals surface area contributed by atoms with Gasteiger partial charge in [0.1, 0.15) is 0 Å². The van der Waals surface area contributed by atoms with Crippen LogP contribution in [0, 0.1) is 5.92 Å². The molecule has 2 rings (SSSR count). The standard InChI is InChI=1S/C16H31N3O3S/c1-13(2)19-11-15(12-23(19,21)22)10-16(4,5)18-8-6-17(7-9-18)14(3)20/h13,15H,6-12H2,1-5H3. The fraction of sp³-hybridized carbons (Fsp3) is 0.938. The van der Waals surface area contributed by atoms with Gasteiger partial charge in [-0.3, -0.25) is 9.69 Å². The second kappa shape index (κ2) is 6.69. The predicted octanol–water partition coefficient (Wildman–Crippen LogP) is 0.989. The number of carbonyl (C=O) groups is 1. The van der Waals surface area contributed by atoms with Gasteiger partial charge in [0, 0.05) is 51.2 Å². The number of piperazine rings is 1. The van der Waals surface area contributed by atoms with Crippen LogP contribution in [-0.4, -0.2) is 78.5 Å². The monoisotopic (exact) mass is 345 g/mol. The molecule has 1 atom stereocenters. The van der Waals surface area contributed by atoms with Crippen molar-refractivity contribution in [3.63, 3.8) is 0 Å². The summed E-state index contributed by atoms with van der Waals surface area (Å²) in [5.74, 6) is 0.585. The Hall–Kier alpha value is -0.660. The molecule has 2 saturated heterocycles. The molecule has 0 radical (unpaired) electrons. The van der Waals surface area contributed by atoms with Gasteiger partial charge in [0.2, 0.25) is 15.9 Å². The van der Waals surface area contributed by atoms with Crippen LogP contribution < -0.4 is 0 Å². The molecule has 2 heterocycles. The maximum Gasteiger partial charge on any atom is 0.219 e. The van der Waals surface area contributed by atoms with Gasteiger partial charge in [-0.1, -0.05) is 0 Å². The van der Waals surface area contributed by atoms with E-state index in [-0.39, 0.29) is 29.2 Å². The molecule has 2 aliphatic rings. The first-order valence-electron chi connectivity index (χ1n) is 8.53. The second-order valence-electron chi connectivity index (χ2n) is 7.82. The van der Waals surface area contributed by atoms with E-state index in [4.69, 9.17) is 0 Å². The average Bonchev–Trinajstić information content (AvgIpc) is 2.72. The Labute approximate surface area is 140 Å². The van der Waals surface area contributed by atoms with Crippen molar-refractivity contribution >= 4 is 15.9 Å². The zero-order valence-electron chi connectivity index (χ0n) is 15.1. The van der Waals surface area contributed by atoms with Gasteiger partial charge in [-0.25, -0.2) is 8.42 Å². The highest BCUT2D eigenvalue weighted by molar-refractivity contribution is 7.89. The zero-order valence-corrected chi connectivity index (χ0v) is 15.9. The molecule has 0 saturated carbocycles. The predicted molar refractivity (Wildman–Crippen MR) is 91.6 cm³/mol. The fourth-order valence-electron chi connectivity index (χ4n) is 3.93. The Morgan fingerprint density at radius 3 is 2.17 bits per heavy atom. The molecule has 1 amide bonds. The SMILES string of the molecule is CC(=O)N1CCN(C(C)(C)CC2CN(C(C)C)S(=O)(=O)C2)CC1. The van der Waals surface area contributed by atoms with Crippen molar-refractivity contribution in [3.05, 3.63) is 0 Å². The van der Waals surface area contributed by atoms with E-state index in [1.807, 2.05) is 18.7 Å². The third-order valence-electron chi connectivity index (χ3n) is 5.19. The molecule has 2 aliphatic heterocycles. The molecular weight excluding hydrogens is 314 g/mol. The first-order valence-corrected chi connectivity index (χ1v) is 10.1. The Kier molecular flexibility index (Phi) is 5.43. The van der Waals surface area contributed by atoms with Gasteiger partial charge >= 0.3 is 0 Å². The number of amides is 1. The van der Waals surface area contributed by atoms with E-state index in [0.29, 0.717) is 6.54 Å². The molecule has 0 aromatic carbocycles. The largest absolute Gasteiger partial charge is 0.340 e. The molecule has 6 nitrogen and oxygen atoms in total. The van der Waals surface area contributed by atoms with Gasteiger partial charge in [-0.2, -0.15) is 4.31 Å². The molecule has 7 heteroatoms. The van der Waals surface area contributed by atoms with E-state index in [9.17, 15) is 13.2 Å². The van der Waals surface area contributed by atoms with Crippen molar-refractivity contribution in [2.24, 2.45) is 5.92 Å².